The zero-order chi connectivity index (χ0) is 29.1. The Morgan fingerprint density at radius 1 is 1.02 bits per heavy atom. The summed E-state index contributed by atoms with van der Waals surface area (Å²) < 4.78 is 11.3. The number of benzene rings is 3. The summed E-state index contributed by atoms with van der Waals surface area (Å²) in [5, 5.41) is 6.10. The number of nitrogens with zero attached hydrogens (tertiary/aromatic N) is 4. The lowest BCUT2D eigenvalue weighted by atomic mass is 9.91. The highest BCUT2D eigenvalue weighted by Crippen LogP contribution is 2.37. The molecule has 2 heterocycles. The number of hydrogen-bond acceptors (Lipinski definition) is 8. The summed E-state index contributed by atoms with van der Waals surface area (Å²) in [6.45, 7) is 4.11. The first-order valence-electron chi connectivity index (χ1n) is 13.1. The summed E-state index contributed by atoms with van der Waals surface area (Å²) >= 11 is 0. The van der Waals surface area contributed by atoms with Crippen molar-refractivity contribution in [3.8, 4) is 11.5 Å². The van der Waals surface area contributed by atoms with E-state index >= 15 is 0 Å². The van der Waals surface area contributed by atoms with E-state index in [1.807, 2.05) is 36.4 Å². The lowest BCUT2D eigenvalue weighted by Gasteiger charge is -2.32. The normalized spacial score (nSPS) is 14.2. The van der Waals surface area contributed by atoms with Crippen LogP contribution in [0.1, 0.15) is 50.5 Å². The first kappa shape index (κ1) is 27.4. The van der Waals surface area contributed by atoms with Crippen molar-refractivity contribution in [3.63, 3.8) is 0 Å². The minimum Gasteiger partial charge on any atom is -0.493 e. The zero-order valence-electron chi connectivity index (χ0n) is 23.5. The van der Waals surface area contributed by atoms with E-state index in [2.05, 4.69) is 47.1 Å². The van der Waals surface area contributed by atoms with Crippen molar-refractivity contribution in [1.82, 2.24) is 15.0 Å². The minimum atomic E-state index is -0.372. The van der Waals surface area contributed by atoms with Gasteiger partial charge in [0.15, 0.2) is 11.5 Å². The number of fused-ring (bicyclic) bond motifs is 1. The van der Waals surface area contributed by atoms with E-state index in [1.165, 1.54) is 11.1 Å². The molecule has 1 aliphatic rings. The lowest BCUT2D eigenvalue weighted by molar-refractivity contribution is -0.127. The van der Waals surface area contributed by atoms with E-state index in [-0.39, 0.29) is 17.9 Å². The second-order valence-corrected chi connectivity index (χ2v) is 9.95. The van der Waals surface area contributed by atoms with Crippen LogP contribution in [0.2, 0.25) is 0 Å². The fraction of sp³-hybridized carbons (Fsp3) is 0.188. The molecular formula is C32H32N6O3. The molecule has 0 aliphatic carbocycles. The SMILES string of the molecule is COc1cc(Cc2cnc(N)nc2N)cc(/C=C/C(=O)N2N=Cc3ccccc3C2c2cc(C)cc(C)c2)c1OC. The van der Waals surface area contributed by atoms with Gasteiger partial charge in [-0.25, -0.2) is 9.99 Å². The highest BCUT2D eigenvalue weighted by Gasteiger charge is 2.30. The van der Waals surface area contributed by atoms with Gasteiger partial charge in [-0.3, -0.25) is 4.79 Å². The Morgan fingerprint density at radius 3 is 2.49 bits per heavy atom. The van der Waals surface area contributed by atoms with Crippen molar-refractivity contribution in [3.05, 3.63) is 111 Å². The zero-order valence-corrected chi connectivity index (χ0v) is 23.5. The van der Waals surface area contributed by atoms with Crippen molar-refractivity contribution in [1.29, 1.82) is 0 Å². The lowest BCUT2D eigenvalue weighted by Crippen LogP contribution is -2.33. The van der Waals surface area contributed by atoms with E-state index in [4.69, 9.17) is 20.9 Å². The molecule has 0 fully saturated rings. The van der Waals surface area contributed by atoms with Gasteiger partial charge in [-0.05, 0) is 48.7 Å². The van der Waals surface area contributed by atoms with Gasteiger partial charge in [0.2, 0.25) is 5.95 Å². The van der Waals surface area contributed by atoms with Crippen LogP contribution < -0.4 is 20.9 Å². The van der Waals surface area contributed by atoms with Crippen molar-refractivity contribution in [2.75, 3.05) is 25.7 Å². The molecule has 1 atom stereocenters. The van der Waals surface area contributed by atoms with Gasteiger partial charge < -0.3 is 20.9 Å². The number of ether oxygens (including phenoxy) is 2. The van der Waals surface area contributed by atoms with E-state index in [0.717, 1.165) is 38.9 Å². The van der Waals surface area contributed by atoms with Gasteiger partial charge in [0.05, 0.1) is 20.4 Å². The maximum atomic E-state index is 13.7. The predicted molar refractivity (Wildman–Crippen MR) is 161 cm³/mol. The molecule has 0 spiro atoms. The Morgan fingerprint density at radius 2 is 1.78 bits per heavy atom. The molecular weight excluding hydrogens is 516 g/mol. The van der Waals surface area contributed by atoms with Crippen LogP contribution in [-0.4, -0.2) is 41.3 Å². The van der Waals surface area contributed by atoms with E-state index in [9.17, 15) is 4.79 Å². The van der Waals surface area contributed by atoms with Crippen LogP contribution in [0.25, 0.3) is 6.08 Å². The van der Waals surface area contributed by atoms with Gasteiger partial charge >= 0.3 is 0 Å². The summed E-state index contributed by atoms with van der Waals surface area (Å²) in [4.78, 5) is 21.9. The molecule has 4 aromatic rings. The van der Waals surface area contributed by atoms with E-state index < -0.39 is 0 Å². The molecule has 9 nitrogen and oxygen atoms in total. The molecule has 0 radical (unpaired) electrons. The van der Waals surface area contributed by atoms with Gasteiger partial charge in [-0.1, -0.05) is 53.6 Å². The van der Waals surface area contributed by atoms with Gasteiger partial charge in [-0.15, -0.1) is 0 Å². The highest BCUT2D eigenvalue weighted by molar-refractivity contribution is 5.95. The molecule has 41 heavy (non-hydrogen) atoms. The number of anilines is 2. The Labute approximate surface area is 239 Å². The highest BCUT2D eigenvalue weighted by atomic mass is 16.5. The molecule has 1 amide bonds. The largest absolute Gasteiger partial charge is 0.493 e. The number of aromatic nitrogens is 2. The third-order valence-corrected chi connectivity index (χ3v) is 6.93. The number of amides is 1. The second kappa shape index (κ2) is 11.5. The van der Waals surface area contributed by atoms with E-state index in [0.29, 0.717) is 29.3 Å². The topological polar surface area (TPSA) is 129 Å². The maximum absolute atomic E-state index is 13.7. The summed E-state index contributed by atoms with van der Waals surface area (Å²) in [6.07, 6.45) is 6.98. The minimum absolute atomic E-state index is 0.114. The summed E-state index contributed by atoms with van der Waals surface area (Å²) in [5.41, 5.74) is 19.2. The average Bonchev–Trinajstić information content (AvgIpc) is 2.95. The Bertz CT molecular complexity index is 1660. The molecule has 1 aliphatic heterocycles. The standard InChI is InChI=1S/C32H32N6O3/c1-19-11-20(2)13-24(12-19)29-26-8-6-5-7-23(26)18-36-38(29)28(39)10-9-22-14-21(16-27(40-3)30(22)41-4)15-25-17-35-32(34)37-31(25)33/h5-14,16-18,29H,15H2,1-4H3,(H4,33,34,35,37)/b10-9+. The number of nitrogen functional groups attached to an aromatic ring is 2. The quantitative estimate of drug-likeness (QED) is 0.316. The molecule has 9 heteroatoms. The van der Waals surface area contributed by atoms with Crippen LogP contribution in [0.15, 0.2) is 72.0 Å². The second-order valence-electron chi connectivity index (χ2n) is 9.95. The monoisotopic (exact) mass is 548 g/mol. The fourth-order valence-electron chi connectivity index (χ4n) is 5.18. The van der Waals surface area contributed by atoms with Crippen LogP contribution in [0.5, 0.6) is 11.5 Å². The molecule has 5 rings (SSSR count). The molecule has 1 unspecified atom stereocenters. The summed E-state index contributed by atoms with van der Waals surface area (Å²) in [7, 11) is 3.12. The van der Waals surface area contributed by atoms with Crippen molar-refractivity contribution >= 4 is 30.0 Å². The summed E-state index contributed by atoms with van der Waals surface area (Å²) in [6, 6.07) is 17.7. The van der Waals surface area contributed by atoms with Crippen molar-refractivity contribution in [2.24, 2.45) is 5.10 Å². The third-order valence-electron chi connectivity index (χ3n) is 6.93. The number of hydrazone groups is 1. The molecule has 0 bridgehead atoms. The number of aryl methyl sites for hydroxylation is 2. The number of nitrogens with two attached hydrogens (primary N) is 2. The third kappa shape index (κ3) is 5.74. The Kier molecular flexibility index (Phi) is 7.69. The maximum Gasteiger partial charge on any atom is 0.267 e. The van der Waals surface area contributed by atoms with Crippen LogP contribution in [0, 0.1) is 13.8 Å². The van der Waals surface area contributed by atoms with Crippen molar-refractivity contribution in [2.45, 2.75) is 26.3 Å². The smallest absolute Gasteiger partial charge is 0.267 e. The van der Waals surface area contributed by atoms with Crippen LogP contribution in [0.4, 0.5) is 11.8 Å². The van der Waals surface area contributed by atoms with E-state index in [1.54, 1.807) is 32.7 Å². The first-order chi connectivity index (χ1) is 19.8. The number of carbonyl (C=O) groups excluding carboxylic acids is 1. The van der Waals surface area contributed by atoms with Crippen molar-refractivity contribution < 1.29 is 14.3 Å². The molecule has 0 saturated carbocycles. The predicted octanol–water partition coefficient (Wildman–Crippen LogP) is 4.84. The number of methoxy groups -OCH3 is 2. The molecule has 3 aromatic carbocycles. The van der Waals surface area contributed by atoms with Crippen LogP contribution in [-0.2, 0) is 11.2 Å². The van der Waals surface area contributed by atoms with Gasteiger partial charge in [0.25, 0.3) is 5.91 Å². The first-order valence-corrected chi connectivity index (χ1v) is 13.1. The van der Waals surface area contributed by atoms with Crippen LogP contribution in [0.3, 0.4) is 0 Å². The molecule has 0 saturated heterocycles. The molecule has 4 N–H and O–H groups in total. The molecule has 208 valence electrons. The summed E-state index contributed by atoms with van der Waals surface area (Å²) in [5.74, 6) is 1.16. The number of rotatable bonds is 7. The van der Waals surface area contributed by atoms with Gasteiger partial charge in [-0.2, -0.15) is 10.1 Å². The number of hydrogen-bond donors (Lipinski definition) is 2. The van der Waals surface area contributed by atoms with Gasteiger partial charge in [0.1, 0.15) is 11.9 Å². The Balaban J connectivity index is 1.51. The van der Waals surface area contributed by atoms with Gasteiger partial charge in [0, 0.05) is 35.4 Å². The van der Waals surface area contributed by atoms with Crippen LogP contribution >= 0.6 is 0 Å². The Hall–Kier alpha value is -5.18. The number of carbonyl (C=O) groups is 1. The average molecular weight is 549 g/mol. The fourth-order valence-corrected chi connectivity index (χ4v) is 5.18. The molecule has 1 aromatic heterocycles.